The van der Waals surface area contributed by atoms with Gasteiger partial charge in [-0.25, -0.2) is 0 Å². The molecule has 0 N–H and O–H groups in total. The van der Waals surface area contributed by atoms with Crippen LogP contribution in [-0.4, -0.2) is 35.0 Å². The van der Waals surface area contributed by atoms with Crippen LogP contribution in [0.5, 0.6) is 0 Å². The number of likely N-dealkylation sites (tertiary alicyclic amines) is 1. The number of anilines is 1. The number of benzene rings is 2. The molecule has 1 unspecified atom stereocenters. The molecular weight excluding hydrogens is 346 g/mol. The molecule has 1 saturated heterocycles. The molecule has 0 radical (unpaired) electrons. The first-order valence-corrected chi connectivity index (χ1v) is 8.89. The van der Waals surface area contributed by atoms with Crippen molar-refractivity contribution in [2.45, 2.75) is 19.1 Å². The Kier molecular flexibility index (Phi) is 4.60. The molecule has 138 valence electrons. The van der Waals surface area contributed by atoms with Gasteiger partial charge < -0.3 is 4.74 Å². The first-order chi connectivity index (χ1) is 13.1. The van der Waals surface area contributed by atoms with Crippen molar-refractivity contribution in [1.82, 2.24) is 4.90 Å². The summed E-state index contributed by atoms with van der Waals surface area (Å²) < 4.78 is 6.05. The third-order valence-corrected chi connectivity index (χ3v) is 4.80. The molecule has 27 heavy (non-hydrogen) atoms. The lowest BCUT2D eigenvalue weighted by Crippen LogP contribution is -2.50. The monoisotopic (exact) mass is 365 g/mol. The van der Waals surface area contributed by atoms with Crippen molar-refractivity contribution in [2.75, 3.05) is 18.0 Å². The van der Waals surface area contributed by atoms with E-state index in [1.165, 1.54) is 12.1 Å². The van der Waals surface area contributed by atoms with E-state index in [1.807, 2.05) is 35.2 Å². The fraction of sp³-hybridized carbons (Fsp3) is 0.250. The van der Waals surface area contributed by atoms with Crippen molar-refractivity contribution in [1.29, 1.82) is 0 Å². The zero-order valence-corrected chi connectivity index (χ0v) is 14.7. The first-order valence-electron chi connectivity index (χ1n) is 8.89. The molecule has 2 heterocycles. The normalized spacial score (nSPS) is 20.3. The molecule has 0 bridgehead atoms. The van der Waals surface area contributed by atoms with Gasteiger partial charge in [0.15, 0.2) is 0 Å². The van der Waals surface area contributed by atoms with E-state index in [9.17, 15) is 14.9 Å². The minimum absolute atomic E-state index is 0.0160. The molecule has 1 amide bonds. The maximum absolute atomic E-state index is 13.1. The summed E-state index contributed by atoms with van der Waals surface area (Å²) in [4.78, 5) is 27.2. The van der Waals surface area contributed by atoms with Crippen molar-refractivity contribution in [3.63, 3.8) is 0 Å². The molecule has 1 fully saturated rings. The van der Waals surface area contributed by atoms with Crippen LogP contribution in [0.1, 0.15) is 18.4 Å². The second-order valence-corrected chi connectivity index (χ2v) is 6.55. The predicted octanol–water partition coefficient (Wildman–Crippen LogP) is 3.38. The molecule has 2 aromatic carbocycles. The Morgan fingerprint density at radius 3 is 2.30 bits per heavy atom. The lowest BCUT2D eigenvalue weighted by Gasteiger charge is -2.35. The van der Waals surface area contributed by atoms with Crippen molar-refractivity contribution in [3.8, 4) is 0 Å². The number of nitro groups is 1. The van der Waals surface area contributed by atoms with E-state index in [2.05, 4.69) is 0 Å². The van der Waals surface area contributed by atoms with Crippen molar-refractivity contribution in [3.05, 3.63) is 76.5 Å². The molecule has 0 saturated carbocycles. The number of amides is 1. The zero-order chi connectivity index (χ0) is 18.8. The van der Waals surface area contributed by atoms with Crippen molar-refractivity contribution < 1.29 is 14.5 Å². The van der Waals surface area contributed by atoms with E-state index < -0.39 is 11.2 Å². The summed E-state index contributed by atoms with van der Waals surface area (Å²) in [5.74, 6) is 0.388. The average molecular weight is 365 g/mol. The van der Waals surface area contributed by atoms with E-state index in [0.29, 0.717) is 11.3 Å². The maximum Gasteiger partial charge on any atom is 0.287 e. The smallest absolute Gasteiger partial charge is 0.287 e. The van der Waals surface area contributed by atoms with E-state index in [1.54, 1.807) is 23.2 Å². The lowest BCUT2D eigenvalue weighted by atomic mass is 10.1. The van der Waals surface area contributed by atoms with Gasteiger partial charge in [-0.2, -0.15) is 0 Å². The number of nitro benzene ring substituents is 1. The maximum atomic E-state index is 13.1. The molecule has 2 aromatic rings. The van der Waals surface area contributed by atoms with Crippen LogP contribution in [0.25, 0.3) is 5.76 Å². The number of hydrogen-bond donors (Lipinski definition) is 0. The van der Waals surface area contributed by atoms with E-state index in [0.717, 1.165) is 31.6 Å². The van der Waals surface area contributed by atoms with Crippen molar-refractivity contribution >= 4 is 23.0 Å². The number of rotatable bonds is 4. The zero-order valence-electron chi connectivity index (χ0n) is 14.7. The molecule has 2 aliphatic heterocycles. The molecule has 4 rings (SSSR count). The van der Waals surface area contributed by atoms with Crippen LogP contribution in [0, 0.1) is 10.1 Å². The van der Waals surface area contributed by atoms with E-state index in [4.69, 9.17) is 4.74 Å². The standard InChI is InChI=1S/C20H19N3O4/c24-19-20(21-12-4-5-13-21)27-18(14-22(19)16-6-2-1-3-7-16)15-8-10-17(11-9-15)23(25)26/h1-3,6-11,14,20H,4-5,12-13H2. The summed E-state index contributed by atoms with van der Waals surface area (Å²) in [6.45, 7) is 1.62. The number of non-ortho nitro benzene ring substituents is 1. The van der Waals surface area contributed by atoms with Crippen LogP contribution in [0.4, 0.5) is 11.4 Å². The van der Waals surface area contributed by atoms with Crippen molar-refractivity contribution in [2.24, 2.45) is 0 Å². The van der Waals surface area contributed by atoms with Gasteiger partial charge in [-0.05, 0) is 37.1 Å². The molecule has 0 aromatic heterocycles. The largest absolute Gasteiger partial charge is 0.463 e. The summed E-state index contributed by atoms with van der Waals surface area (Å²) in [5.41, 5.74) is 1.47. The van der Waals surface area contributed by atoms with Gasteiger partial charge in [0.05, 0.1) is 11.1 Å². The van der Waals surface area contributed by atoms with Gasteiger partial charge in [0.25, 0.3) is 11.6 Å². The second kappa shape index (κ2) is 7.20. The van der Waals surface area contributed by atoms with Gasteiger partial charge in [-0.1, -0.05) is 18.2 Å². The Balaban J connectivity index is 1.72. The van der Waals surface area contributed by atoms with Crippen LogP contribution < -0.4 is 4.90 Å². The third-order valence-electron chi connectivity index (χ3n) is 4.80. The van der Waals surface area contributed by atoms with Gasteiger partial charge in [0, 0.05) is 36.5 Å². The van der Waals surface area contributed by atoms with Gasteiger partial charge in [0.2, 0.25) is 6.23 Å². The fourth-order valence-electron chi connectivity index (χ4n) is 3.39. The summed E-state index contributed by atoms with van der Waals surface area (Å²) in [7, 11) is 0. The summed E-state index contributed by atoms with van der Waals surface area (Å²) in [6.07, 6.45) is 3.04. The lowest BCUT2D eigenvalue weighted by molar-refractivity contribution is -0.384. The Morgan fingerprint density at radius 2 is 1.67 bits per heavy atom. The minimum atomic E-state index is -0.692. The fourth-order valence-corrected chi connectivity index (χ4v) is 3.39. The number of nitrogens with zero attached hydrogens (tertiary/aromatic N) is 3. The molecule has 7 heteroatoms. The first kappa shape index (κ1) is 17.2. The number of hydrogen-bond acceptors (Lipinski definition) is 5. The van der Waals surface area contributed by atoms with Gasteiger partial charge in [-0.15, -0.1) is 0 Å². The van der Waals surface area contributed by atoms with Crippen LogP contribution in [-0.2, 0) is 9.53 Å². The average Bonchev–Trinajstić information content (AvgIpc) is 3.23. The van der Waals surface area contributed by atoms with Gasteiger partial charge in [0.1, 0.15) is 5.76 Å². The molecule has 0 spiro atoms. The summed E-state index contributed by atoms with van der Waals surface area (Å²) >= 11 is 0. The number of carbonyl (C=O) groups is 1. The van der Waals surface area contributed by atoms with Gasteiger partial charge >= 0.3 is 0 Å². The van der Waals surface area contributed by atoms with Crippen LogP contribution in [0.3, 0.4) is 0 Å². The highest BCUT2D eigenvalue weighted by Crippen LogP contribution is 2.31. The van der Waals surface area contributed by atoms with E-state index in [-0.39, 0.29) is 11.6 Å². The Hall–Kier alpha value is -3.19. The SMILES string of the molecule is O=C1C(N2CCCC2)OC(c2ccc([N+](=O)[O-])cc2)=CN1c1ccccc1. The predicted molar refractivity (Wildman–Crippen MR) is 101 cm³/mol. The van der Waals surface area contributed by atoms with Crippen LogP contribution in [0.15, 0.2) is 60.8 Å². The van der Waals surface area contributed by atoms with Crippen LogP contribution in [0.2, 0.25) is 0 Å². The molecular formula is C20H19N3O4. The Labute approximate surface area is 156 Å². The molecule has 2 aliphatic rings. The topological polar surface area (TPSA) is 75.9 Å². The van der Waals surface area contributed by atoms with Crippen LogP contribution >= 0.6 is 0 Å². The highest BCUT2D eigenvalue weighted by atomic mass is 16.6. The van der Waals surface area contributed by atoms with E-state index >= 15 is 0 Å². The minimum Gasteiger partial charge on any atom is -0.463 e. The summed E-state index contributed by atoms with van der Waals surface area (Å²) in [6, 6.07) is 15.6. The molecule has 7 nitrogen and oxygen atoms in total. The Bertz CT molecular complexity index is 874. The number of carbonyl (C=O) groups excluding carboxylic acids is 1. The number of ether oxygens (including phenoxy) is 1. The number of para-hydroxylation sites is 1. The Morgan fingerprint density at radius 1 is 1.00 bits per heavy atom. The second-order valence-electron chi connectivity index (χ2n) is 6.55. The quantitative estimate of drug-likeness (QED) is 0.613. The third kappa shape index (κ3) is 3.41. The molecule has 1 atom stereocenters. The highest BCUT2D eigenvalue weighted by molar-refractivity contribution is 6.01. The summed E-state index contributed by atoms with van der Waals surface area (Å²) in [5, 5.41) is 10.9. The highest BCUT2D eigenvalue weighted by Gasteiger charge is 2.37. The van der Waals surface area contributed by atoms with Gasteiger partial charge in [-0.3, -0.25) is 24.7 Å². The molecule has 0 aliphatic carbocycles.